The van der Waals surface area contributed by atoms with Gasteiger partial charge in [0.25, 0.3) is 0 Å². The second-order valence-corrected chi connectivity index (χ2v) is 8.11. The van der Waals surface area contributed by atoms with E-state index < -0.39 is 0 Å². The highest BCUT2D eigenvalue weighted by Gasteiger charge is 2.23. The van der Waals surface area contributed by atoms with Crippen molar-refractivity contribution in [3.05, 3.63) is 82.7 Å². The van der Waals surface area contributed by atoms with Crippen LogP contribution in [0.5, 0.6) is 0 Å². The Morgan fingerprint density at radius 2 is 1.50 bits per heavy atom. The minimum atomic E-state index is 1.07. The molecule has 0 unspecified atom stereocenters. The largest absolute Gasteiger partial charge is 0.296 e. The van der Waals surface area contributed by atoms with Crippen LogP contribution in [0.15, 0.2) is 54.6 Å². The zero-order valence-corrected chi connectivity index (χ0v) is 16.5. The van der Waals surface area contributed by atoms with Gasteiger partial charge in [0.15, 0.2) is 0 Å². The van der Waals surface area contributed by atoms with Crippen LogP contribution in [0.4, 0.5) is 0 Å². The highest BCUT2D eigenvalue weighted by atomic mass is 15.0. The summed E-state index contributed by atoms with van der Waals surface area (Å²) < 4.78 is 2.43. The van der Waals surface area contributed by atoms with Gasteiger partial charge in [0.05, 0.1) is 11.2 Å². The van der Waals surface area contributed by atoms with Crippen molar-refractivity contribution in [3.63, 3.8) is 0 Å². The first-order valence-corrected chi connectivity index (χ1v) is 10.1. The Hall–Kier alpha value is -3.13. The molecule has 5 aromatic rings. The molecule has 0 amide bonds. The van der Waals surface area contributed by atoms with Crippen LogP contribution in [0.1, 0.15) is 28.1 Å². The summed E-state index contributed by atoms with van der Waals surface area (Å²) in [5.74, 6) is 0. The van der Waals surface area contributed by atoms with E-state index >= 15 is 0 Å². The molecule has 136 valence electrons. The first-order valence-electron chi connectivity index (χ1n) is 10.1. The fourth-order valence-electron chi connectivity index (χ4n) is 5.27. The lowest BCUT2D eigenvalue weighted by Gasteiger charge is -2.20. The van der Waals surface area contributed by atoms with Gasteiger partial charge in [0.2, 0.25) is 0 Å². The second kappa shape index (κ2) is 5.45. The lowest BCUT2D eigenvalue weighted by molar-refractivity contribution is 0.866. The third kappa shape index (κ3) is 1.90. The predicted molar refractivity (Wildman–Crippen MR) is 117 cm³/mol. The molecule has 0 saturated carbocycles. The van der Waals surface area contributed by atoms with Gasteiger partial charge in [-0.1, -0.05) is 54.6 Å². The fraction of sp³-hybridized carbons (Fsp3) is 0.192. The Labute approximate surface area is 164 Å². The third-order valence-electron chi connectivity index (χ3n) is 6.47. The van der Waals surface area contributed by atoms with Crippen molar-refractivity contribution in [2.45, 2.75) is 33.6 Å². The maximum atomic E-state index is 5.04. The molecule has 2 aromatic heterocycles. The minimum absolute atomic E-state index is 1.07. The van der Waals surface area contributed by atoms with E-state index in [0.29, 0.717) is 0 Å². The van der Waals surface area contributed by atoms with Gasteiger partial charge in [-0.25, -0.2) is 4.98 Å². The van der Waals surface area contributed by atoms with Gasteiger partial charge in [-0.3, -0.25) is 4.40 Å². The third-order valence-corrected chi connectivity index (χ3v) is 6.47. The molecule has 6 rings (SSSR count). The summed E-state index contributed by atoms with van der Waals surface area (Å²) in [5, 5.41) is 3.93. The van der Waals surface area contributed by atoms with Gasteiger partial charge in [0.1, 0.15) is 5.65 Å². The quantitative estimate of drug-likeness (QED) is 0.318. The molecule has 1 aliphatic heterocycles. The molecule has 2 heteroatoms. The number of fused-ring (bicyclic) bond motifs is 3. The van der Waals surface area contributed by atoms with Crippen molar-refractivity contribution in [2.75, 3.05) is 0 Å². The van der Waals surface area contributed by atoms with Gasteiger partial charge in [-0.15, -0.1) is 0 Å². The first-order chi connectivity index (χ1) is 13.6. The Balaban J connectivity index is 1.93. The normalized spacial score (nSPS) is 13.2. The van der Waals surface area contributed by atoms with Crippen molar-refractivity contribution in [1.29, 1.82) is 0 Å². The molecule has 0 fully saturated rings. The number of pyridine rings is 1. The summed E-state index contributed by atoms with van der Waals surface area (Å²) in [7, 11) is 0. The van der Waals surface area contributed by atoms with Gasteiger partial charge in [-0.2, -0.15) is 0 Å². The van der Waals surface area contributed by atoms with Crippen LogP contribution in [0, 0.1) is 20.8 Å². The summed E-state index contributed by atoms with van der Waals surface area (Å²) in [4.78, 5) is 5.04. The van der Waals surface area contributed by atoms with Crippen LogP contribution in [0.2, 0.25) is 0 Å². The Morgan fingerprint density at radius 1 is 0.786 bits per heavy atom. The zero-order chi connectivity index (χ0) is 19.0. The molecule has 28 heavy (non-hydrogen) atoms. The first kappa shape index (κ1) is 15.9. The number of imidazole rings is 1. The van der Waals surface area contributed by atoms with Gasteiger partial charge in [-0.05, 0) is 61.4 Å². The Kier molecular flexibility index (Phi) is 3.09. The summed E-state index contributed by atoms with van der Waals surface area (Å²) in [6.45, 7) is 6.59. The number of aromatic nitrogens is 2. The lowest BCUT2D eigenvalue weighted by atomic mass is 9.89. The summed E-state index contributed by atoms with van der Waals surface area (Å²) in [6.07, 6.45) is 2.16. The van der Waals surface area contributed by atoms with Crippen LogP contribution < -0.4 is 0 Å². The van der Waals surface area contributed by atoms with Crippen LogP contribution >= 0.6 is 0 Å². The maximum Gasteiger partial charge on any atom is 0.145 e. The van der Waals surface area contributed by atoms with Crippen molar-refractivity contribution in [1.82, 2.24) is 9.38 Å². The molecule has 0 atom stereocenters. The molecule has 0 spiro atoms. The standard InChI is InChI=1S/C26H22N2/c1-15-7-4-8-16(2)23(15)19-10-6-12-21-24(19)20-11-5-9-18-13-14-22-17(3)27-26(21)28(22)25(18)20/h4-12H,13-14H2,1-3H3. The second-order valence-electron chi connectivity index (χ2n) is 8.11. The smallest absolute Gasteiger partial charge is 0.145 e. The average molecular weight is 362 g/mol. The van der Waals surface area contributed by atoms with Crippen LogP contribution in [0.25, 0.3) is 38.4 Å². The average Bonchev–Trinajstić information content (AvgIpc) is 3.04. The number of benzene rings is 3. The monoisotopic (exact) mass is 362 g/mol. The highest BCUT2D eigenvalue weighted by Crippen LogP contribution is 2.41. The molecule has 2 nitrogen and oxygen atoms in total. The number of hydrogen-bond acceptors (Lipinski definition) is 1. The van der Waals surface area contributed by atoms with E-state index in [9.17, 15) is 0 Å². The van der Waals surface area contributed by atoms with Crippen LogP contribution in [0.3, 0.4) is 0 Å². The Morgan fingerprint density at radius 3 is 2.32 bits per heavy atom. The minimum Gasteiger partial charge on any atom is -0.296 e. The molecule has 1 aliphatic rings. The molecule has 0 N–H and O–H groups in total. The van der Waals surface area contributed by atoms with Gasteiger partial charge >= 0.3 is 0 Å². The summed E-state index contributed by atoms with van der Waals surface area (Å²) in [6, 6.07) is 20.1. The zero-order valence-electron chi connectivity index (χ0n) is 16.5. The topological polar surface area (TPSA) is 17.3 Å². The molecular formula is C26H22N2. The lowest BCUT2D eigenvalue weighted by Crippen LogP contribution is -2.08. The summed E-state index contributed by atoms with van der Waals surface area (Å²) in [5.41, 5.74) is 11.8. The Bertz CT molecular complexity index is 1420. The van der Waals surface area contributed by atoms with E-state index in [4.69, 9.17) is 4.98 Å². The van der Waals surface area contributed by atoms with Crippen molar-refractivity contribution < 1.29 is 0 Å². The highest BCUT2D eigenvalue weighted by molar-refractivity contribution is 6.18. The fourth-order valence-corrected chi connectivity index (χ4v) is 5.27. The number of nitrogens with zero attached hydrogens (tertiary/aromatic N) is 2. The van der Waals surface area contributed by atoms with Crippen LogP contribution in [-0.2, 0) is 12.8 Å². The maximum absolute atomic E-state index is 5.04. The van der Waals surface area contributed by atoms with E-state index in [0.717, 1.165) is 18.5 Å². The van der Waals surface area contributed by atoms with E-state index in [-0.39, 0.29) is 0 Å². The predicted octanol–water partition coefficient (Wildman–Crippen LogP) is 6.33. The van der Waals surface area contributed by atoms with Crippen molar-refractivity contribution >= 4 is 27.3 Å². The molecule has 3 heterocycles. The van der Waals surface area contributed by atoms with E-state index in [1.165, 1.54) is 60.9 Å². The molecule has 0 radical (unpaired) electrons. The molecule has 3 aromatic carbocycles. The SMILES string of the molecule is Cc1cccc(C)c1-c1cccc2c1c1cccc3c1n1c(c(C)nc21)CC3. The van der Waals surface area contributed by atoms with E-state index in [1.54, 1.807) is 0 Å². The molecule has 0 saturated heterocycles. The molecule has 0 aliphatic carbocycles. The number of hydrogen-bond donors (Lipinski definition) is 0. The van der Waals surface area contributed by atoms with Crippen LogP contribution in [-0.4, -0.2) is 9.38 Å². The van der Waals surface area contributed by atoms with Crippen molar-refractivity contribution in [3.8, 4) is 11.1 Å². The number of rotatable bonds is 1. The van der Waals surface area contributed by atoms with Gasteiger partial charge in [0, 0.05) is 21.9 Å². The van der Waals surface area contributed by atoms with E-state index in [2.05, 4.69) is 79.8 Å². The summed E-state index contributed by atoms with van der Waals surface area (Å²) >= 11 is 0. The van der Waals surface area contributed by atoms with Crippen molar-refractivity contribution in [2.24, 2.45) is 0 Å². The van der Waals surface area contributed by atoms with Gasteiger partial charge < -0.3 is 0 Å². The number of aryl methyl sites for hydroxylation is 5. The molecule has 0 bridgehead atoms. The molecular weight excluding hydrogens is 340 g/mol. The van der Waals surface area contributed by atoms with E-state index in [1.807, 2.05) is 0 Å². The number of para-hydroxylation sites is 1.